The quantitative estimate of drug-likeness (QED) is 0.290. The Balaban J connectivity index is 2.04. The maximum atomic E-state index is 11.9. The van der Waals surface area contributed by atoms with Crippen LogP contribution < -0.4 is 0 Å². The van der Waals surface area contributed by atoms with Crippen LogP contribution in [-0.2, 0) is 28.6 Å². The van der Waals surface area contributed by atoms with Crippen molar-refractivity contribution in [1.82, 2.24) is 0 Å². The van der Waals surface area contributed by atoms with Crippen molar-refractivity contribution in [1.29, 1.82) is 0 Å². The summed E-state index contributed by atoms with van der Waals surface area (Å²) in [6, 6.07) is 5.52. The van der Waals surface area contributed by atoms with Crippen LogP contribution in [-0.4, -0.2) is 50.5 Å². The molecule has 0 aliphatic heterocycles. The van der Waals surface area contributed by atoms with Crippen LogP contribution in [0.15, 0.2) is 46.2 Å². The molecule has 0 fully saturated rings. The minimum Gasteiger partial charge on any atom is -0.508 e. The van der Waals surface area contributed by atoms with Crippen molar-refractivity contribution in [2.45, 2.75) is 9.79 Å². The monoisotopic (exact) mass is 406 g/mol. The van der Waals surface area contributed by atoms with Crippen LogP contribution in [0.3, 0.4) is 0 Å². The van der Waals surface area contributed by atoms with Crippen molar-refractivity contribution in [3.8, 4) is 23.0 Å². The lowest BCUT2D eigenvalue weighted by Gasteiger charge is -2.09. The lowest BCUT2D eigenvalue weighted by atomic mass is 10.3. The maximum Gasteiger partial charge on any atom is 0.300 e. The van der Waals surface area contributed by atoms with E-state index in [1.807, 2.05) is 0 Å². The minimum absolute atomic E-state index is 0.428. The normalized spacial score (nSPS) is 12.2. The summed E-state index contributed by atoms with van der Waals surface area (Å²) < 4.78 is 56.8. The lowest BCUT2D eigenvalue weighted by Crippen LogP contribution is -2.15. The lowest BCUT2D eigenvalue weighted by molar-refractivity contribution is 0.223. The Morgan fingerprint density at radius 2 is 1.00 bits per heavy atom. The molecule has 0 spiro atoms. The number of phenols is 4. The summed E-state index contributed by atoms with van der Waals surface area (Å²) in [6.07, 6.45) is 0. The molecule has 0 aromatic heterocycles. The van der Waals surface area contributed by atoms with E-state index in [2.05, 4.69) is 8.37 Å². The van der Waals surface area contributed by atoms with E-state index in [1.165, 1.54) is 0 Å². The third kappa shape index (κ3) is 4.54. The molecule has 0 radical (unpaired) electrons. The topological polar surface area (TPSA) is 168 Å². The van der Waals surface area contributed by atoms with E-state index in [0.717, 1.165) is 36.4 Å². The molecule has 2 rings (SSSR count). The first-order valence-electron chi connectivity index (χ1n) is 6.86. The molecule has 0 atom stereocenters. The first-order valence-corrected chi connectivity index (χ1v) is 9.67. The third-order valence-corrected chi connectivity index (χ3v) is 5.67. The molecular weight excluding hydrogens is 392 g/mol. The van der Waals surface area contributed by atoms with Crippen molar-refractivity contribution in [2.24, 2.45) is 0 Å². The van der Waals surface area contributed by atoms with Gasteiger partial charge in [0.15, 0.2) is 0 Å². The van der Waals surface area contributed by atoms with Crippen molar-refractivity contribution >= 4 is 20.2 Å². The van der Waals surface area contributed by atoms with Gasteiger partial charge in [-0.15, -0.1) is 0 Å². The second kappa shape index (κ2) is 7.37. The van der Waals surface area contributed by atoms with E-state index in [0.29, 0.717) is 0 Å². The number of hydrogen-bond donors (Lipinski definition) is 4. The van der Waals surface area contributed by atoms with E-state index in [1.54, 1.807) is 0 Å². The average Bonchev–Trinajstić information content (AvgIpc) is 2.56. The van der Waals surface area contributed by atoms with Gasteiger partial charge in [0.05, 0.1) is 13.2 Å². The van der Waals surface area contributed by atoms with Crippen LogP contribution in [0.25, 0.3) is 0 Å². The van der Waals surface area contributed by atoms with Gasteiger partial charge < -0.3 is 20.4 Å². The predicted molar refractivity (Wildman–Crippen MR) is 85.8 cm³/mol. The minimum atomic E-state index is -4.48. The molecule has 0 aliphatic carbocycles. The summed E-state index contributed by atoms with van der Waals surface area (Å²) in [4.78, 5) is -1.41. The van der Waals surface area contributed by atoms with E-state index in [9.17, 15) is 37.3 Å². The fourth-order valence-electron chi connectivity index (χ4n) is 1.82. The zero-order valence-electron chi connectivity index (χ0n) is 12.9. The molecule has 4 N–H and O–H groups in total. The highest BCUT2D eigenvalue weighted by Gasteiger charge is 2.23. The molecule has 142 valence electrons. The van der Waals surface area contributed by atoms with Crippen LogP contribution in [0.1, 0.15) is 0 Å². The third-order valence-electron chi connectivity index (χ3n) is 2.99. The highest BCUT2D eigenvalue weighted by molar-refractivity contribution is 7.87. The van der Waals surface area contributed by atoms with Crippen LogP contribution >= 0.6 is 0 Å². The van der Waals surface area contributed by atoms with Gasteiger partial charge in [-0.25, -0.2) is 0 Å². The Kier molecular flexibility index (Phi) is 5.61. The van der Waals surface area contributed by atoms with E-state index >= 15 is 0 Å². The Labute approximate surface area is 148 Å². The number of benzene rings is 2. The van der Waals surface area contributed by atoms with Gasteiger partial charge in [0, 0.05) is 12.1 Å². The Morgan fingerprint density at radius 3 is 1.35 bits per heavy atom. The van der Waals surface area contributed by atoms with Gasteiger partial charge in [-0.05, 0) is 24.3 Å². The second-order valence-electron chi connectivity index (χ2n) is 4.86. The predicted octanol–water partition coefficient (Wildman–Crippen LogP) is 0.620. The van der Waals surface area contributed by atoms with E-state index < -0.39 is 66.2 Å². The number of phenolic OH excluding ortho intramolecular Hbond substituents is 4. The molecule has 0 unspecified atom stereocenters. The van der Waals surface area contributed by atoms with Crippen LogP contribution in [0.4, 0.5) is 0 Å². The number of hydrogen-bond acceptors (Lipinski definition) is 10. The van der Waals surface area contributed by atoms with Gasteiger partial charge in [0.25, 0.3) is 0 Å². The fraction of sp³-hybridized carbons (Fsp3) is 0.143. The van der Waals surface area contributed by atoms with Crippen molar-refractivity contribution in [3.63, 3.8) is 0 Å². The van der Waals surface area contributed by atoms with Gasteiger partial charge in [-0.1, -0.05) is 0 Å². The average molecular weight is 406 g/mol. The van der Waals surface area contributed by atoms with Crippen molar-refractivity contribution in [3.05, 3.63) is 36.4 Å². The molecule has 2 aromatic carbocycles. The van der Waals surface area contributed by atoms with Crippen LogP contribution in [0.5, 0.6) is 23.0 Å². The summed E-state index contributed by atoms with van der Waals surface area (Å²) in [6.45, 7) is -1.48. The fourth-order valence-corrected chi connectivity index (χ4v) is 3.83. The zero-order valence-corrected chi connectivity index (χ0v) is 14.6. The summed E-state index contributed by atoms with van der Waals surface area (Å²) in [5.41, 5.74) is 0. The van der Waals surface area contributed by atoms with Gasteiger partial charge >= 0.3 is 20.2 Å². The molecule has 0 saturated carbocycles. The molecule has 0 aliphatic rings. The molecule has 12 heteroatoms. The zero-order chi connectivity index (χ0) is 19.5. The van der Waals surface area contributed by atoms with E-state index in [4.69, 9.17) is 0 Å². The molecule has 0 amide bonds. The number of aromatic hydroxyl groups is 4. The Bertz CT molecular complexity index is 929. The Morgan fingerprint density at radius 1 is 0.654 bits per heavy atom. The van der Waals surface area contributed by atoms with Gasteiger partial charge in [-0.3, -0.25) is 8.37 Å². The van der Waals surface area contributed by atoms with Crippen molar-refractivity contribution < 1.29 is 45.6 Å². The van der Waals surface area contributed by atoms with Crippen molar-refractivity contribution in [2.75, 3.05) is 13.2 Å². The summed E-state index contributed by atoms with van der Waals surface area (Å²) in [5.74, 6) is -2.19. The smallest absolute Gasteiger partial charge is 0.300 e. The highest BCUT2D eigenvalue weighted by atomic mass is 32.2. The van der Waals surface area contributed by atoms with Crippen LogP contribution in [0.2, 0.25) is 0 Å². The molecular formula is C14H14O10S2. The van der Waals surface area contributed by atoms with E-state index in [-0.39, 0.29) is 0 Å². The van der Waals surface area contributed by atoms with Crippen LogP contribution in [0, 0.1) is 0 Å². The standard InChI is InChI=1S/C14H14O10S2/c15-9-1-3-11(17)13(7-9)25(19,20)23-5-6-24-26(21,22)14-8-10(16)2-4-12(14)18/h1-4,7-8,15-18H,5-6H2. The Hall–Kier alpha value is -2.54. The van der Waals surface area contributed by atoms with Gasteiger partial charge in [0.2, 0.25) is 0 Å². The summed E-state index contributed by atoms with van der Waals surface area (Å²) >= 11 is 0. The first kappa shape index (κ1) is 19.8. The molecule has 10 nitrogen and oxygen atoms in total. The highest BCUT2D eigenvalue weighted by Crippen LogP contribution is 2.29. The second-order valence-corrected chi connectivity index (χ2v) is 8.02. The maximum absolute atomic E-state index is 11.9. The largest absolute Gasteiger partial charge is 0.508 e. The SMILES string of the molecule is O=S(=O)(OCCOS(=O)(=O)c1cc(O)ccc1O)c1cc(O)ccc1O. The molecule has 0 bridgehead atoms. The summed E-state index contributed by atoms with van der Waals surface area (Å²) in [7, 11) is -8.97. The molecule has 0 heterocycles. The first-order chi connectivity index (χ1) is 12.0. The summed E-state index contributed by atoms with van der Waals surface area (Å²) in [5, 5.41) is 37.6. The molecule has 2 aromatic rings. The van der Waals surface area contributed by atoms with Gasteiger partial charge in [0.1, 0.15) is 32.8 Å². The molecule has 26 heavy (non-hydrogen) atoms. The molecule has 0 saturated heterocycles. The van der Waals surface area contributed by atoms with Gasteiger partial charge in [-0.2, -0.15) is 16.8 Å². The number of rotatable bonds is 7.